The molecule has 2 amide bonds. The van der Waals surface area contributed by atoms with E-state index in [2.05, 4.69) is 21.2 Å². The van der Waals surface area contributed by atoms with Crippen molar-refractivity contribution in [2.45, 2.75) is 39.8 Å². The highest BCUT2D eigenvalue weighted by Gasteiger charge is 2.40. The normalized spacial score (nSPS) is 23.2. The summed E-state index contributed by atoms with van der Waals surface area (Å²) in [7, 11) is 0. The maximum absolute atomic E-state index is 12.7. The van der Waals surface area contributed by atoms with Gasteiger partial charge in [0.15, 0.2) is 0 Å². The van der Waals surface area contributed by atoms with Crippen LogP contribution in [0.15, 0.2) is 22.7 Å². The molecule has 0 bridgehead atoms. The van der Waals surface area contributed by atoms with E-state index in [0.29, 0.717) is 0 Å². The zero-order chi connectivity index (χ0) is 15.0. The first kappa shape index (κ1) is 15.0. The summed E-state index contributed by atoms with van der Waals surface area (Å²) < 4.78 is 0.829. The van der Waals surface area contributed by atoms with E-state index in [9.17, 15) is 9.59 Å². The third kappa shape index (κ3) is 2.59. The second kappa shape index (κ2) is 5.56. The van der Waals surface area contributed by atoms with Crippen molar-refractivity contribution >= 4 is 33.4 Å². The molecule has 0 aliphatic carbocycles. The molecule has 2 unspecified atom stereocenters. The Morgan fingerprint density at radius 3 is 2.50 bits per heavy atom. The number of aryl methyl sites for hydroxylation is 1. The van der Waals surface area contributed by atoms with Crippen molar-refractivity contribution in [2.24, 2.45) is 5.92 Å². The number of nitrogens with zero attached hydrogens (tertiary/aromatic N) is 1. The van der Waals surface area contributed by atoms with Gasteiger partial charge in [-0.1, -0.05) is 19.9 Å². The second-order valence-corrected chi connectivity index (χ2v) is 6.42. The highest BCUT2D eigenvalue weighted by atomic mass is 79.9. The number of anilines is 1. The number of hydrogen-bond donors (Lipinski definition) is 1. The monoisotopic (exact) mass is 338 g/mol. The van der Waals surface area contributed by atoms with E-state index in [-0.39, 0.29) is 17.7 Å². The predicted molar refractivity (Wildman–Crippen MR) is 82.6 cm³/mol. The Morgan fingerprint density at radius 2 is 1.95 bits per heavy atom. The lowest BCUT2D eigenvalue weighted by Crippen LogP contribution is -2.64. The molecule has 0 radical (unpaired) electrons. The summed E-state index contributed by atoms with van der Waals surface area (Å²) in [6.45, 7) is 7.60. The molecule has 1 aliphatic rings. The Kier molecular flexibility index (Phi) is 4.18. The minimum Gasteiger partial charge on any atom is -0.342 e. The number of amides is 2. The first-order chi connectivity index (χ1) is 9.32. The van der Waals surface area contributed by atoms with Crippen LogP contribution in [0.25, 0.3) is 0 Å². The first-order valence-electron chi connectivity index (χ1n) is 6.72. The Bertz CT molecular complexity index is 557. The molecule has 0 aromatic heterocycles. The molecular weight excluding hydrogens is 320 g/mol. The summed E-state index contributed by atoms with van der Waals surface area (Å²) in [6, 6.07) is 4.80. The van der Waals surface area contributed by atoms with E-state index in [1.165, 1.54) is 0 Å². The van der Waals surface area contributed by atoms with Gasteiger partial charge in [-0.25, -0.2) is 0 Å². The largest absolute Gasteiger partial charge is 0.342 e. The second-order valence-electron chi connectivity index (χ2n) is 5.57. The molecule has 1 heterocycles. The molecule has 2 atom stereocenters. The SMILES string of the molecule is Cc1ccc(N2C(=O)C(C(C)C)NC(=O)C2C)c(Br)c1. The van der Waals surface area contributed by atoms with Crippen molar-refractivity contribution in [3.05, 3.63) is 28.2 Å². The number of carbonyl (C=O) groups excluding carboxylic acids is 2. The van der Waals surface area contributed by atoms with Crippen molar-refractivity contribution in [3.8, 4) is 0 Å². The lowest BCUT2D eigenvalue weighted by molar-refractivity contribution is -0.134. The molecule has 0 saturated carbocycles. The number of piperazine rings is 1. The lowest BCUT2D eigenvalue weighted by atomic mass is 9.97. The Balaban J connectivity index is 2.46. The summed E-state index contributed by atoms with van der Waals surface area (Å²) in [4.78, 5) is 26.3. The molecule has 2 rings (SSSR count). The van der Waals surface area contributed by atoms with Crippen molar-refractivity contribution in [2.75, 3.05) is 4.90 Å². The fraction of sp³-hybridized carbons (Fsp3) is 0.467. The number of rotatable bonds is 2. The molecule has 1 aliphatic heterocycles. The zero-order valence-corrected chi connectivity index (χ0v) is 13.7. The molecule has 1 aromatic carbocycles. The fourth-order valence-electron chi connectivity index (χ4n) is 2.38. The predicted octanol–water partition coefficient (Wildman–Crippen LogP) is 2.63. The van der Waals surface area contributed by atoms with E-state index in [4.69, 9.17) is 0 Å². The molecule has 1 saturated heterocycles. The maximum Gasteiger partial charge on any atom is 0.250 e. The third-order valence-corrected chi connectivity index (χ3v) is 4.23. The number of benzene rings is 1. The van der Waals surface area contributed by atoms with Crippen LogP contribution in [0.5, 0.6) is 0 Å². The Hall–Kier alpha value is -1.36. The number of halogens is 1. The molecule has 108 valence electrons. The van der Waals surface area contributed by atoms with Gasteiger partial charge < -0.3 is 5.32 Å². The van der Waals surface area contributed by atoms with Crippen LogP contribution < -0.4 is 10.2 Å². The lowest BCUT2D eigenvalue weighted by Gasteiger charge is -2.39. The van der Waals surface area contributed by atoms with Gasteiger partial charge in [-0.2, -0.15) is 0 Å². The molecule has 20 heavy (non-hydrogen) atoms. The minimum atomic E-state index is -0.503. The van der Waals surface area contributed by atoms with Crippen LogP contribution >= 0.6 is 15.9 Å². The average molecular weight is 339 g/mol. The van der Waals surface area contributed by atoms with Crippen molar-refractivity contribution in [1.29, 1.82) is 0 Å². The van der Waals surface area contributed by atoms with Gasteiger partial charge in [0.1, 0.15) is 12.1 Å². The van der Waals surface area contributed by atoms with Gasteiger partial charge in [0, 0.05) is 4.47 Å². The summed E-state index contributed by atoms with van der Waals surface area (Å²) in [5.74, 6) is -0.113. The number of carbonyl (C=O) groups is 2. The van der Waals surface area contributed by atoms with Gasteiger partial charge in [0.05, 0.1) is 5.69 Å². The van der Waals surface area contributed by atoms with Crippen LogP contribution in [0.3, 0.4) is 0 Å². The summed E-state index contributed by atoms with van der Waals surface area (Å²) in [6.07, 6.45) is 0. The molecular formula is C15H19BrN2O2. The van der Waals surface area contributed by atoms with Crippen LogP contribution in [0.2, 0.25) is 0 Å². The molecule has 0 spiro atoms. The summed E-state index contributed by atoms with van der Waals surface area (Å²) in [5, 5.41) is 2.80. The van der Waals surface area contributed by atoms with Gasteiger partial charge in [0.25, 0.3) is 5.91 Å². The molecule has 1 N–H and O–H groups in total. The van der Waals surface area contributed by atoms with Gasteiger partial charge in [-0.3, -0.25) is 14.5 Å². The smallest absolute Gasteiger partial charge is 0.250 e. The quantitative estimate of drug-likeness (QED) is 0.901. The highest BCUT2D eigenvalue weighted by Crippen LogP contribution is 2.31. The van der Waals surface area contributed by atoms with E-state index in [1.807, 2.05) is 39.0 Å². The van der Waals surface area contributed by atoms with Crippen LogP contribution in [0.1, 0.15) is 26.3 Å². The zero-order valence-electron chi connectivity index (χ0n) is 12.1. The third-order valence-electron chi connectivity index (χ3n) is 3.60. The molecule has 1 fully saturated rings. The maximum atomic E-state index is 12.7. The standard InChI is InChI=1S/C15H19BrN2O2/c1-8(2)13-15(20)18(10(4)14(19)17-13)12-6-5-9(3)7-11(12)16/h5-8,10,13H,1-4H3,(H,17,19). The van der Waals surface area contributed by atoms with Crippen molar-refractivity contribution in [1.82, 2.24) is 5.32 Å². The first-order valence-corrected chi connectivity index (χ1v) is 7.52. The van der Waals surface area contributed by atoms with Crippen LogP contribution in [0.4, 0.5) is 5.69 Å². The summed E-state index contributed by atoms with van der Waals surface area (Å²) in [5.41, 5.74) is 1.84. The topological polar surface area (TPSA) is 49.4 Å². The van der Waals surface area contributed by atoms with Crippen LogP contribution in [-0.4, -0.2) is 23.9 Å². The molecule has 1 aromatic rings. The van der Waals surface area contributed by atoms with E-state index in [0.717, 1.165) is 15.7 Å². The molecule has 5 heteroatoms. The van der Waals surface area contributed by atoms with Crippen molar-refractivity contribution < 1.29 is 9.59 Å². The van der Waals surface area contributed by atoms with Gasteiger partial charge in [0.2, 0.25) is 5.91 Å². The number of nitrogens with one attached hydrogen (secondary N) is 1. The van der Waals surface area contributed by atoms with Crippen LogP contribution in [-0.2, 0) is 9.59 Å². The summed E-state index contributed by atoms with van der Waals surface area (Å²) >= 11 is 3.49. The minimum absolute atomic E-state index is 0.0587. The molecule has 4 nitrogen and oxygen atoms in total. The Morgan fingerprint density at radius 1 is 1.30 bits per heavy atom. The fourth-order valence-corrected chi connectivity index (χ4v) is 3.06. The van der Waals surface area contributed by atoms with Gasteiger partial charge in [-0.05, 0) is 53.4 Å². The van der Waals surface area contributed by atoms with Gasteiger partial charge >= 0.3 is 0 Å². The van der Waals surface area contributed by atoms with E-state index < -0.39 is 12.1 Å². The van der Waals surface area contributed by atoms with Crippen LogP contribution in [0, 0.1) is 12.8 Å². The average Bonchev–Trinajstić information content (AvgIpc) is 2.36. The van der Waals surface area contributed by atoms with E-state index >= 15 is 0 Å². The Labute approximate surface area is 127 Å². The number of hydrogen-bond acceptors (Lipinski definition) is 2. The van der Waals surface area contributed by atoms with Crippen molar-refractivity contribution in [3.63, 3.8) is 0 Å². The highest BCUT2D eigenvalue weighted by molar-refractivity contribution is 9.10. The van der Waals surface area contributed by atoms with E-state index in [1.54, 1.807) is 11.8 Å². The van der Waals surface area contributed by atoms with Gasteiger partial charge in [-0.15, -0.1) is 0 Å².